The molecule has 2 amide bonds. The predicted molar refractivity (Wildman–Crippen MR) is 117 cm³/mol. The molecule has 0 bridgehead atoms. The first kappa shape index (κ1) is 20.8. The Balaban J connectivity index is 1.25. The molecule has 8 nitrogen and oxygen atoms in total. The fourth-order valence-corrected chi connectivity index (χ4v) is 5.00. The van der Waals surface area contributed by atoms with Gasteiger partial charge in [-0.15, -0.1) is 0 Å². The molecule has 2 aromatic rings. The first-order chi connectivity index (χ1) is 15.3. The molecule has 0 aromatic heterocycles. The Morgan fingerprint density at radius 3 is 2.66 bits per heavy atom. The third kappa shape index (κ3) is 3.70. The zero-order valence-corrected chi connectivity index (χ0v) is 18.5. The lowest BCUT2D eigenvalue weighted by molar-refractivity contribution is -0.118. The van der Waals surface area contributed by atoms with Gasteiger partial charge < -0.3 is 24.1 Å². The zero-order chi connectivity index (χ0) is 22.5. The number of carbonyl (C=O) groups excluding carboxylic acids is 2. The highest BCUT2D eigenvalue weighted by Gasteiger charge is 2.39. The lowest BCUT2D eigenvalue weighted by atomic mass is 9.90. The topological polar surface area (TPSA) is 103 Å². The van der Waals surface area contributed by atoms with Gasteiger partial charge in [-0.3, -0.25) is 14.9 Å². The number of ether oxygens (including phenoxy) is 4. The van der Waals surface area contributed by atoms with Crippen LogP contribution in [0.3, 0.4) is 0 Å². The van der Waals surface area contributed by atoms with Crippen molar-refractivity contribution in [1.29, 1.82) is 0 Å². The quantitative estimate of drug-likeness (QED) is 0.703. The van der Waals surface area contributed by atoms with Crippen LogP contribution in [-0.4, -0.2) is 40.5 Å². The molecule has 0 radical (unpaired) electrons. The van der Waals surface area contributed by atoms with Crippen molar-refractivity contribution < 1.29 is 33.6 Å². The van der Waals surface area contributed by atoms with Gasteiger partial charge in [-0.25, -0.2) is 0 Å². The summed E-state index contributed by atoms with van der Waals surface area (Å²) in [5.41, 5.74) is 2.06. The second-order valence-electron chi connectivity index (χ2n) is 8.42. The van der Waals surface area contributed by atoms with E-state index in [0.717, 1.165) is 41.3 Å². The molecule has 0 aliphatic carbocycles. The Labute approximate surface area is 189 Å². The predicted octanol–water partition coefficient (Wildman–Crippen LogP) is 3.49. The second-order valence-corrected chi connectivity index (χ2v) is 9.59. The molecule has 2 N–H and O–H groups in total. The van der Waals surface area contributed by atoms with E-state index < -0.39 is 5.60 Å². The number of hydrogen-bond donors (Lipinski definition) is 2. The largest absolute Gasteiger partial charge is 0.504 e. The summed E-state index contributed by atoms with van der Waals surface area (Å²) in [6.45, 7) is 4.22. The Kier molecular flexibility index (Phi) is 5.08. The summed E-state index contributed by atoms with van der Waals surface area (Å²) in [4.78, 5) is 23.1. The van der Waals surface area contributed by atoms with E-state index in [2.05, 4.69) is 5.32 Å². The molecule has 3 aliphatic rings. The second kappa shape index (κ2) is 7.81. The van der Waals surface area contributed by atoms with Crippen LogP contribution < -0.4 is 24.3 Å². The van der Waals surface area contributed by atoms with Crippen LogP contribution in [0, 0.1) is 6.92 Å². The van der Waals surface area contributed by atoms with Crippen molar-refractivity contribution in [2.24, 2.45) is 0 Å². The molecule has 168 valence electrons. The highest BCUT2D eigenvalue weighted by molar-refractivity contribution is 8.15. The molecule has 32 heavy (non-hydrogen) atoms. The highest BCUT2D eigenvalue weighted by Crippen LogP contribution is 2.54. The van der Waals surface area contributed by atoms with Gasteiger partial charge in [-0.05, 0) is 50.8 Å². The molecule has 2 unspecified atom stereocenters. The molecule has 9 heteroatoms. The van der Waals surface area contributed by atoms with Gasteiger partial charge in [0.15, 0.2) is 11.5 Å². The smallest absolute Gasteiger partial charge is 0.286 e. The maximum atomic E-state index is 11.7. The normalized spacial score (nSPS) is 23.5. The van der Waals surface area contributed by atoms with Crippen LogP contribution in [-0.2, 0) is 17.6 Å². The minimum absolute atomic E-state index is 0.0525. The van der Waals surface area contributed by atoms with Crippen molar-refractivity contribution in [3.8, 4) is 28.7 Å². The van der Waals surface area contributed by atoms with Crippen molar-refractivity contribution in [2.75, 3.05) is 13.4 Å². The Hall–Kier alpha value is -3.07. The van der Waals surface area contributed by atoms with Crippen LogP contribution in [0.2, 0.25) is 0 Å². The van der Waals surface area contributed by atoms with Crippen molar-refractivity contribution in [2.45, 2.75) is 44.0 Å². The lowest BCUT2D eigenvalue weighted by Crippen LogP contribution is -2.42. The van der Waals surface area contributed by atoms with Gasteiger partial charge in [-0.1, -0.05) is 23.9 Å². The van der Waals surface area contributed by atoms with E-state index in [1.54, 1.807) is 0 Å². The van der Waals surface area contributed by atoms with Crippen LogP contribution >= 0.6 is 11.8 Å². The maximum absolute atomic E-state index is 11.7. The Bertz CT molecular complexity index is 1100. The minimum Gasteiger partial charge on any atom is -0.504 e. The third-order valence-electron chi connectivity index (χ3n) is 6.02. The molecule has 1 saturated heterocycles. The summed E-state index contributed by atoms with van der Waals surface area (Å²) in [7, 11) is 0. The van der Waals surface area contributed by atoms with Gasteiger partial charge in [0.25, 0.3) is 5.24 Å². The zero-order valence-electron chi connectivity index (χ0n) is 17.7. The fourth-order valence-electron chi connectivity index (χ4n) is 4.14. The van der Waals surface area contributed by atoms with Crippen molar-refractivity contribution in [3.05, 3.63) is 41.0 Å². The monoisotopic (exact) mass is 457 g/mol. The molecule has 2 aromatic carbocycles. The van der Waals surface area contributed by atoms with Crippen molar-refractivity contribution in [3.63, 3.8) is 0 Å². The molecule has 3 heterocycles. The fraction of sp³-hybridized carbons (Fsp3) is 0.391. The third-order valence-corrected chi connectivity index (χ3v) is 7.01. The molecule has 3 aliphatic heterocycles. The number of imide groups is 1. The molecule has 1 fully saturated rings. The minimum atomic E-state index is -0.576. The number of phenolic OH excluding ortho intramolecular Hbond substituents is 1. The number of rotatable bonds is 5. The summed E-state index contributed by atoms with van der Waals surface area (Å²) in [5.74, 6) is 1.95. The Morgan fingerprint density at radius 1 is 1.19 bits per heavy atom. The molecule has 0 saturated carbocycles. The molecular weight excluding hydrogens is 434 g/mol. The standard InChI is InChI=1S/C23H23NO7S/c1-12-15-7-8-23(2,31-18(15)20-19(17(12)25)29-11-30-20)10-28-14-5-3-13(4-6-14)9-16-21(26)24-22(27)32-16/h3-6,16,25H,7-11H2,1-2H3,(H,24,26,27). The number of thioether (sulfide) groups is 1. The SMILES string of the molecule is Cc1c(O)c2c(c3c1CCC(C)(COc1ccc(CC4SC(=O)NC4=O)cc1)O3)OCO2. The molecular formula is C23H23NO7S. The summed E-state index contributed by atoms with van der Waals surface area (Å²) in [6.07, 6.45) is 1.93. The average molecular weight is 458 g/mol. The van der Waals surface area contributed by atoms with E-state index in [4.69, 9.17) is 18.9 Å². The van der Waals surface area contributed by atoms with E-state index in [1.807, 2.05) is 38.1 Å². The van der Waals surface area contributed by atoms with Gasteiger partial charge >= 0.3 is 0 Å². The number of carbonyl (C=O) groups is 2. The molecule has 0 spiro atoms. The van der Waals surface area contributed by atoms with Crippen molar-refractivity contribution >= 4 is 22.9 Å². The van der Waals surface area contributed by atoms with E-state index in [0.29, 0.717) is 36.0 Å². The maximum Gasteiger partial charge on any atom is 0.286 e. The van der Waals surface area contributed by atoms with Gasteiger partial charge in [0, 0.05) is 11.1 Å². The summed E-state index contributed by atoms with van der Waals surface area (Å²) in [6, 6.07) is 7.50. The highest BCUT2D eigenvalue weighted by atomic mass is 32.2. The van der Waals surface area contributed by atoms with E-state index in [1.165, 1.54) is 0 Å². The van der Waals surface area contributed by atoms with Crippen LogP contribution in [0.4, 0.5) is 4.79 Å². The lowest BCUT2D eigenvalue weighted by Gasteiger charge is -2.36. The number of nitrogens with one attached hydrogen (secondary N) is 1. The number of phenols is 1. The first-order valence-corrected chi connectivity index (χ1v) is 11.3. The van der Waals surface area contributed by atoms with Gasteiger partial charge in [-0.2, -0.15) is 0 Å². The van der Waals surface area contributed by atoms with Crippen LogP contribution in [0.1, 0.15) is 30.0 Å². The number of benzene rings is 2. The summed E-state index contributed by atoms with van der Waals surface area (Å²) < 4.78 is 23.3. The Morgan fingerprint density at radius 2 is 1.94 bits per heavy atom. The summed E-state index contributed by atoms with van der Waals surface area (Å²) >= 11 is 1.02. The van der Waals surface area contributed by atoms with Crippen LogP contribution in [0.5, 0.6) is 28.7 Å². The van der Waals surface area contributed by atoms with Gasteiger partial charge in [0.2, 0.25) is 24.2 Å². The van der Waals surface area contributed by atoms with Crippen molar-refractivity contribution in [1.82, 2.24) is 5.32 Å². The first-order valence-electron chi connectivity index (χ1n) is 10.4. The van der Waals surface area contributed by atoms with E-state index >= 15 is 0 Å². The average Bonchev–Trinajstić information content (AvgIpc) is 3.38. The number of aromatic hydroxyl groups is 1. The van der Waals surface area contributed by atoms with Crippen LogP contribution in [0.25, 0.3) is 0 Å². The summed E-state index contributed by atoms with van der Waals surface area (Å²) in [5, 5.41) is 12.0. The molecule has 5 rings (SSSR count). The number of amides is 2. The van der Waals surface area contributed by atoms with Crippen LogP contribution in [0.15, 0.2) is 24.3 Å². The molecule has 2 atom stereocenters. The van der Waals surface area contributed by atoms with Gasteiger partial charge in [0.1, 0.15) is 18.0 Å². The number of fused-ring (bicyclic) bond motifs is 3. The number of hydrogen-bond acceptors (Lipinski definition) is 8. The van der Waals surface area contributed by atoms with Gasteiger partial charge in [0.05, 0.1) is 5.25 Å². The van der Waals surface area contributed by atoms with E-state index in [-0.39, 0.29) is 28.9 Å². The van der Waals surface area contributed by atoms with E-state index in [9.17, 15) is 14.7 Å².